The van der Waals surface area contributed by atoms with Gasteiger partial charge in [-0.15, -0.1) is 10.2 Å². The number of benzene rings is 1. The predicted octanol–water partition coefficient (Wildman–Crippen LogP) is 4.33. The van der Waals surface area contributed by atoms with Gasteiger partial charge in [0, 0.05) is 12.6 Å². The zero-order valence-electron chi connectivity index (χ0n) is 10.4. The molecule has 0 unspecified atom stereocenters. The van der Waals surface area contributed by atoms with Gasteiger partial charge in [0.25, 0.3) is 5.69 Å². The van der Waals surface area contributed by atoms with E-state index in [2.05, 4.69) is 10.2 Å². The first kappa shape index (κ1) is 14.3. The van der Waals surface area contributed by atoms with Gasteiger partial charge in [-0.3, -0.25) is 14.7 Å². The minimum atomic E-state index is -0.534. The molecule has 0 aliphatic heterocycles. The summed E-state index contributed by atoms with van der Waals surface area (Å²) in [6.45, 7) is 2.35. The first-order chi connectivity index (χ1) is 9.54. The largest absolute Gasteiger partial charge is 0.492 e. The van der Waals surface area contributed by atoms with Crippen molar-refractivity contribution in [3.8, 4) is 5.88 Å². The Bertz CT molecular complexity index is 736. The second-order valence-electron chi connectivity index (χ2n) is 3.69. The number of nitro benzene ring substituents is 1. The molecular formula is C11H10N4O3S2. The molecule has 2 aromatic rings. The van der Waals surface area contributed by atoms with E-state index in [-0.39, 0.29) is 22.3 Å². The zero-order chi connectivity index (χ0) is 14.7. The number of thiazole rings is 1. The van der Waals surface area contributed by atoms with Gasteiger partial charge in [0.15, 0.2) is 9.64 Å². The van der Waals surface area contributed by atoms with E-state index in [0.717, 1.165) is 11.3 Å². The molecule has 1 aromatic carbocycles. The topological polar surface area (TPSA) is 93.0 Å². The minimum absolute atomic E-state index is 0.0789. The summed E-state index contributed by atoms with van der Waals surface area (Å²) < 4.78 is 1.98. The Morgan fingerprint density at radius 3 is 2.75 bits per heavy atom. The highest BCUT2D eigenvalue weighted by molar-refractivity contribution is 7.73. The fraction of sp³-hybridized carbons (Fsp3) is 0.182. The van der Waals surface area contributed by atoms with Crippen LogP contribution in [0.1, 0.15) is 6.92 Å². The van der Waals surface area contributed by atoms with Crippen LogP contribution < -0.4 is 0 Å². The molecule has 7 nitrogen and oxygen atoms in total. The van der Waals surface area contributed by atoms with Crippen LogP contribution in [0, 0.1) is 14.1 Å². The van der Waals surface area contributed by atoms with E-state index in [1.165, 1.54) is 16.7 Å². The summed E-state index contributed by atoms with van der Waals surface area (Å²) in [4.78, 5) is 10.3. The molecule has 2 rings (SSSR count). The highest BCUT2D eigenvalue weighted by atomic mass is 32.1. The molecule has 0 spiro atoms. The van der Waals surface area contributed by atoms with E-state index in [1.54, 1.807) is 12.1 Å². The monoisotopic (exact) mass is 310 g/mol. The van der Waals surface area contributed by atoms with E-state index < -0.39 is 4.92 Å². The number of hydrogen-bond acceptors (Lipinski definition) is 7. The van der Waals surface area contributed by atoms with Crippen LogP contribution in [0.15, 0.2) is 34.5 Å². The third kappa shape index (κ3) is 2.73. The number of para-hydroxylation sites is 1. The maximum atomic E-state index is 10.8. The first-order valence-corrected chi connectivity index (χ1v) is 6.84. The number of hydrogen-bond donors (Lipinski definition) is 1. The molecule has 0 saturated carbocycles. The second-order valence-corrected chi connectivity index (χ2v) is 5.31. The van der Waals surface area contributed by atoms with Crippen molar-refractivity contribution in [3.63, 3.8) is 0 Å². The second kappa shape index (κ2) is 5.88. The zero-order valence-corrected chi connectivity index (χ0v) is 12.0. The lowest BCUT2D eigenvalue weighted by atomic mass is 10.3. The van der Waals surface area contributed by atoms with Crippen molar-refractivity contribution < 1.29 is 10.0 Å². The van der Waals surface area contributed by atoms with Crippen molar-refractivity contribution in [2.24, 2.45) is 10.2 Å². The Labute approximate surface area is 123 Å². The summed E-state index contributed by atoms with van der Waals surface area (Å²) in [5, 5.41) is 28.6. The van der Waals surface area contributed by atoms with Crippen molar-refractivity contribution >= 4 is 39.9 Å². The molecule has 1 heterocycles. The molecule has 0 atom stereocenters. The van der Waals surface area contributed by atoms with Crippen molar-refractivity contribution in [2.75, 3.05) is 0 Å². The molecule has 9 heteroatoms. The van der Waals surface area contributed by atoms with Gasteiger partial charge < -0.3 is 5.11 Å². The standard InChI is InChI=1S/C11H10N4O3S2/c1-2-14-10(16)9(20-11(14)19)13-12-7-5-3-4-6-8(7)15(17)18/h3-6,16H,2H2,1H3. The highest BCUT2D eigenvalue weighted by Crippen LogP contribution is 2.36. The number of nitrogens with zero attached hydrogens (tertiary/aromatic N) is 4. The summed E-state index contributed by atoms with van der Waals surface area (Å²) in [6.07, 6.45) is 0. The molecule has 0 fully saturated rings. The lowest BCUT2D eigenvalue weighted by molar-refractivity contribution is -0.384. The Hall–Kier alpha value is -2.13. The fourth-order valence-corrected chi connectivity index (χ4v) is 2.76. The average molecular weight is 310 g/mol. The Morgan fingerprint density at radius 2 is 2.15 bits per heavy atom. The summed E-state index contributed by atoms with van der Waals surface area (Å²) >= 11 is 6.17. The molecule has 0 saturated heterocycles. The van der Waals surface area contributed by atoms with E-state index in [9.17, 15) is 15.2 Å². The lowest BCUT2D eigenvalue weighted by Crippen LogP contribution is -1.90. The molecule has 1 aromatic heterocycles. The van der Waals surface area contributed by atoms with Crippen LogP contribution in [0.2, 0.25) is 0 Å². The number of aromatic nitrogens is 1. The van der Waals surface area contributed by atoms with Crippen molar-refractivity contribution in [1.29, 1.82) is 0 Å². The normalized spacial score (nSPS) is 11.1. The maximum Gasteiger partial charge on any atom is 0.296 e. The third-order valence-corrected chi connectivity index (χ3v) is 3.82. The number of azo groups is 1. The minimum Gasteiger partial charge on any atom is -0.492 e. The van der Waals surface area contributed by atoms with Gasteiger partial charge in [-0.2, -0.15) is 0 Å². The van der Waals surface area contributed by atoms with Crippen LogP contribution in [0.5, 0.6) is 5.88 Å². The number of nitro groups is 1. The quantitative estimate of drug-likeness (QED) is 0.393. The van der Waals surface area contributed by atoms with Crippen LogP contribution in [-0.4, -0.2) is 14.6 Å². The van der Waals surface area contributed by atoms with Crippen LogP contribution in [0.4, 0.5) is 16.4 Å². The fourth-order valence-electron chi connectivity index (χ4n) is 1.53. The SMILES string of the molecule is CCn1c(O)c(N=Nc2ccccc2[N+](=O)[O-])sc1=S. The molecule has 20 heavy (non-hydrogen) atoms. The lowest BCUT2D eigenvalue weighted by Gasteiger charge is -1.97. The van der Waals surface area contributed by atoms with Crippen LogP contribution in [-0.2, 0) is 6.54 Å². The van der Waals surface area contributed by atoms with E-state index >= 15 is 0 Å². The van der Waals surface area contributed by atoms with Crippen LogP contribution >= 0.6 is 23.6 Å². The molecule has 1 N–H and O–H groups in total. The average Bonchev–Trinajstić information content (AvgIpc) is 2.70. The molecule has 0 aliphatic carbocycles. The Kier molecular flexibility index (Phi) is 4.20. The molecule has 0 aliphatic rings. The molecule has 0 amide bonds. The van der Waals surface area contributed by atoms with Gasteiger partial charge in [0.2, 0.25) is 10.9 Å². The number of rotatable bonds is 4. The summed E-state index contributed by atoms with van der Waals surface area (Å²) in [5.41, 5.74) is -0.0199. The highest BCUT2D eigenvalue weighted by Gasteiger charge is 2.13. The third-order valence-electron chi connectivity index (χ3n) is 2.49. The first-order valence-electron chi connectivity index (χ1n) is 5.62. The Morgan fingerprint density at radius 1 is 1.45 bits per heavy atom. The molecule has 0 radical (unpaired) electrons. The Balaban J connectivity index is 2.40. The van der Waals surface area contributed by atoms with E-state index in [0.29, 0.717) is 10.5 Å². The van der Waals surface area contributed by atoms with Gasteiger partial charge in [-0.1, -0.05) is 23.5 Å². The van der Waals surface area contributed by atoms with Gasteiger partial charge in [-0.05, 0) is 25.2 Å². The van der Waals surface area contributed by atoms with E-state index in [1.807, 2.05) is 6.92 Å². The maximum absolute atomic E-state index is 10.8. The summed E-state index contributed by atoms with van der Waals surface area (Å²) in [6, 6.07) is 5.99. The number of aromatic hydroxyl groups is 1. The van der Waals surface area contributed by atoms with E-state index in [4.69, 9.17) is 12.2 Å². The molecular weight excluding hydrogens is 300 g/mol. The van der Waals surface area contributed by atoms with Crippen molar-refractivity contribution in [1.82, 2.24) is 4.57 Å². The smallest absolute Gasteiger partial charge is 0.296 e. The van der Waals surface area contributed by atoms with Crippen LogP contribution in [0.3, 0.4) is 0 Å². The predicted molar refractivity (Wildman–Crippen MR) is 77.8 cm³/mol. The summed E-state index contributed by atoms with van der Waals surface area (Å²) in [5.74, 6) is -0.0789. The van der Waals surface area contributed by atoms with Gasteiger partial charge in [-0.25, -0.2) is 0 Å². The molecule has 104 valence electrons. The van der Waals surface area contributed by atoms with Crippen molar-refractivity contribution in [2.45, 2.75) is 13.5 Å². The van der Waals surface area contributed by atoms with Gasteiger partial charge in [0.1, 0.15) is 0 Å². The van der Waals surface area contributed by atoms with Gasteiger partial charge in [0.05, 0.1) is 4.92 Å². The van der Waals surface area contributed by atoms with Gasteiger partial charge >= 0.3 is 0 Å². The van der Waals surface area contributed by atoms with Crippen LogP contribution in [0.25, 0.3) is 0 Å². The summed E-state index contributed by atoms with van der Waals surface area (Å²) in [7, 11) is 0. The van der Waals surface area contributed by atoms with Crippen molar-refractivity contribution in [3.05, 3.63) is 38.3 Å². The molecule has 0 bridgehead atoms.